The number of rotatable bonds is 4. The Kier molecular flexibility index (Phi) is 3.99. The van der Waals surface area contributed by atoms with Crippen molar-refractivity contribution in [1.29, 1.82) is 0 Å². The maximum absolute atomic E-state index is 11.1. The molecule has 0 aliphatic rings. The number of aryl methyl sites for hydroxylation is 1. The second kappa shape index (κ2) is 5.70. The quantitative estimate of drug-likeness (QED) is 0.688. The molecule has 1 N–H and O–H groups in total. The van der Waals surface area contributed by atoms with Crippen LogP contribution in [-0.2, 0) is 0 Å². The zero-order chi connectivity index (χ0) is 14.7. The highest BCUT2D eigenvalue weighted by Gasteiger charge is 2.24. The summed E-state index contributed by atoms with van der Waals surface area (Å²) in [6.07, 6.45) is 0. The van der Waals surface area contributed by atoms with Crippen LogP contribution in [0.2, 0.25) is 5.02 Å². The number of hydrogen-bond donors (Lipinski definition) is 1. The highest BCUT2D eigenvalue weighted by molar-refractivity contribution is 6.30. The summed E-state index contributed by atoms with van der Waals surface area (Å²) >= 11 is 5.77. The Balaban J connectivity index is 2.45. The van der Waals surface area contributed by atoms with Crippen molar-refractivity contribution >= 4 is 23.2 Å². The molecule has 2 aromatic rings. The van der Waals surface area contributed by atoms with E-state index in [2.05, 4.69) is 15.3 Å². The van der Waals surface area contributed by atoms with Gasteiger partial charge in [0, 0.05) is 12.1 Å². The maximum Gasteiger partial charge on any atom is 0.352 e. The molecule has 0 aliphatic carbocycles. The summed E-state index contributed by atoms with van der Waals surface area (Å²) < 4.78 is 5.46. The third-order valence-electron chi connectivity index (χ3n) is 2.46. The van der Waals surface area contributed by atoms with E-state index in [9.17, 15) is 10.1 Å². The van der Waals surface area contributed by atoms with E-state index in [-0.39, 0.29) is 23.2 Å². The third-order valence-corrected chi connectivity index (χ3v) is 2.71. The SMILES string of the molecule is CNc1nc(C)c([N+](=O)[O-])c(Oc2ccc(Cl)cc2)n1. The molecular formula is C12H11ClN4O3. The van der Waals surface area contributed by atoms with Gasteiger partial charge in [-0.25, -0.2) is 4.98 Å². The smallest absolute Gasteiger partial charge is 0.352 e. The van der Waals surface area contributed by atoms with E-state index in [1.807, 2.05) is 0 Å². The molecule has 0 unspecified atom stereocenters. The first-order valence-electron chi connectivity index (χ1n) is 5.65. The summed E-state index contributed by atoms with van der Waals surface area (Å²) in [5.41, 5.74) is -0.0442. The summed E-state index contributed by atoms with van der Waals surface area (Å²) in [6.45, 7) is 1.52. The van der Waals surface area contributed by atoms with Crippen LogP contribution in [0.25, 0.3) is 0 Å². The lowest BCUT2D eigenvalue weighted by molar-refractivity contribution is -0.386. The molecule has 20 heavy (non-hydrogen) atoms. The Morgan fingerprint density at radius 2 is 1.95 bits per heavy atom. The molecule has 0 aliphatic heterocycles. The van der Waals surface area contributed by atoms with E-state index in [0.717, 1.165) is 0 Å². The van der Waals surface area contributed by atoms with E-state index in [1.54, 1.807) is 31.3 Å². The van der Waals surface area contributed by atoms with Crippen molar-refractivity contribution in [3.05, 3.63) is 45.1 Å². The Hall–Kier alpha value is -2.41. The van der Waals surface area contributed by atoms with E-state index in [4.69, 9.17) is 16.3 Å². The number of nitrogens with one attached hydrogen (secondary N) is 1. The molecule has 0 atom stereocenters. The molecule has 0 spiro atoms. The molecule has 1 aromatic carbocycles. The molecule has 1 heterocycles. The summed E-state index contributed by atoms with van der Waals surface area (Å²) in [6, 6.07) is 6.44. The number of ether oxygens (including phenoxy) is 1. The molecule has 1 aromatic heterocycles. The van der Waals surface area contributed by atoms with Gasteiger partial charge < -0.3 is 10.1 Å². The largest absolute Gasteiger partial charge is 0.434 e. The first-order valence-corrected chi connectivity index (χ1v) is 6.03. The van der Waals surface area contributed by atoms with Gasteiger partial charge in [-0.05, 0) is 31.2 Å². The minimum Gasteiger partial charge on any atom is -0.434 e. The van der Waals surface area contributed by atoms with Gasteiger partial charge in [-0.15, -0.1) is 0 Å². The van der Waals surface area contributed by atoms with Gasteiger partial charge >= 0.3 is 11.6 Å². The van der Waals surface area contributed by atoms with Crippen molar-refractivity contribution in [2.75, 3.05) is 12.4 Å². The molecule has 0 fully saturated rings. The van der Waals surface area contributed by atoms with Crippen molar-refractivity contribution in [2.45, 2.75) is 6.92 Å². The van der Waals surface area contributed by atoms with Crippen LogP contribution in [0.3, 0.4) is 0 Å². The van der Waals surface area contributed by atoms with E-state index < -0.39 is 4.92 Å². The topological polar surface area (TPSA) is 90.2 Å². The van der Waals surface area contributed by atoms with E-state index in [0.29, 0.717) is 10.8 Å². The molecule has 0 saturated carbocycles. The van der Waals surface area contributed by atoms with Crippen LogP contribution in [0.15, 0.2) is 24.3 Å². The van der Waals surface area contributed by atoms with Gasteiger partial charge in [-0.3, -0.25) is 10.1 Å². The van der Waals surface area contributed by atoms with Crippen molar-refractivity contribution in [3.8, 4) is 11.6 Å². The molecule has 8 heteroatoms. The second-order valence-electron chi connectivity index (χ2n) is 3.85. The number of nitro groups is 1. The third kappa shape index (κ3) is 2.94. The van der Waals surface area contributed by atoms with Crippen molar-refractivity contribution in [3.63, 3.8) is 0 Å². The Bertz CT molecular complexity index is 646. The molecule has 104 valence electrons. The number of benzene rings is 1. The number of hydrogen-bond acceptors (Lipinski definition) is 6. The number of halogens is 1. The Morgan fingerprint density at radius 1 is 1.30 bits per heavy atom. The van der Waals surface area contributed by atoms with Gasteiger partial charge in [0.15, 0.2) is 0 Å². The fourth-order valence-corrected chi connectivity index (χ4v) is 1.67. The van der Waals surface area contributed by atoms with Crippen LogP contribution < -0.4 is 10.1 Å². The normalized spacial score (nSPS) is 10.2. The fourth-order valence-electron chi connectivity index (χ4n) is 1.55. The van der Waals surface area contributed by atoms with Crippen LogP contribution in [0.1, 0.15) is 5.69 Å². The lowest BCUT2D eigenvalue weighted by atomic mass is 10.3. The summed E-state index contributed by atoms with van der Waals surface area (Å²) in [4.78, 5) is 18.5. The average molecular weight is 295 g/mol. The lowest BCUT2D eigenvalue weighted by Crippen LogP contribution is -2.05. The maximum atomic E-state index is 11.1. The van der Waals surface area contributed by atoms with Crippen LogP contribution in [-0.4, -0.2) is 21.9 Å². The zero-order valence-electron chi connectivity index (χ0n) is 10.8. The second-order valence-corrected chi connectivity index (χ2v) is 4.29. The minimum absolute atomic E-state index is 0.117. The Morgan fingerprint density at radius 3 is 2.50 bits per heavy atom. The van der Waals surface area contributed by atoms with Gasteiger partial charge in [-0.2, -0.15) is 4.98 Å². The number of aromatic nitrogens is 2. The van der Waals surface area contributed by atoms with Gasteiger partial charge in [0.05, 0.1) is 4.92 Å². The van der Waals surface area contributed by atoms with Gasteiger partial charge in [0.1, 0.15) is 11.4 Å². The molecule has 0 radical (unpaired) electrons. The van der Waals surface area contributed by atoms with Crippen LogP contribution in [0, 0.1) is 17.0 Å². The Labute approximate surface area is 119 Å². The number of nitrogens with zero attached hydrogens (tertiary/aromatic N) is 3. The summed E-state index contributed by atoms with van der Waals surface area (Å²) in [7, 11) is 1.62. The first kappa shape index (κ1) is 14.0. The van der Waals surface area contributed by atoms with E-state index in [1.165, 1.54) is 6.92 Å². The summed E-state index contributed by atoms with van der Waals surface area (Å²) in [5.74, 6) is 0.531. The molecule has 7 nitrogen and oxygen atoms in total. The van der Waals surface area contributed by atoms with Crippen LogP contribution >= 0.6 is 11.6 Å². The highest BCUT2D eigenvalue weighted by atomic mass is 35.5. The first-order chi connectivity index (χ1) is 9.51. The molecular weight excluding hydrogens is 284 g/mol. The standard InChI is InChI=1S/C12H11ClN4O3/c1-7-10(17(18)19)11(16-12(14-2)15-7)20-9-5-3-8(13)4-6-9/h3-6H,1-2H3,(H,14,15,16). The predicted octanol–water partition coefficient (Wildman–Crippen LogP) is 3.18. The molecule has 2 rings (SSSR count). The molecule has 0 bridgehead atoms. The zero-order valence-corrected chi connectivity index (χ0v) is 11.5. The monoisotopic (exact) mass is 294 g/mol. The van der Waals surface area contributed by atoms with Gasteiger partial charge in [-0.1, -0.05) is 11.6 Å². The van der Waals surface area contributed by atoms with Gasteiger partial charge in [0.2, 0.25) is 5.95 Å². The predicted molar refractivity (Wildman–Crippen MR) is 74.5 cm³/mol. The van der Waals surface area contributed by atoms with Crippen molar-refractivity contribution < 1.29 is 9.66 Å². The van der Waals surface area contributed by atoms with Gasteiger partial charge in [0.25, 0.3) is 0 Å². The van der Waals surface area contributed by atoms with Crippen LogP contribution in [0.4, 0.5) is 11.6 Å². The van der Waals surface area contributed by atoms with E-state index >= 15 is 0 Å². The van der Waals surface area contributed by atoms with Crippen LogP contribution in [0.5, 0.6) is 11.6 Å². The summed E-state index contributed by atoms with van der Waals surface area (Å²) in [5, 5.41) is 14.4. The van der Waals surface area contributed by atoms with Crippen molar-refractivity contribution in [1.82, 2.24) is 9.97 Å². The minimum atomic E-state index is -0.569. The van der Waals surface area contributed by atoms with Crippen molar-refractivity contribution in [2.24, 2.45) is 0 Å². The molecule has 0 amide bonds. The fraction of sp³-hybridized carbons (Fsp3) is 0.167. The number of anilines is 1. The average Bonchev–Trinajstić information content (AvgIpc) is 2.40. The molecule has 0 saturated heterocycles. The lowest BCUT2D eigenvalue weighted by Gasteiger charge is -2.08. The highest BCUT2D eigenvalue weighted by Crippen LogP contribution is 2.32.